The van der Waals surface area contributed by atoms with E-state index in [1.54, 1.807) is 25.3 Å². The van der Waals surface area contributed by atoms with Crippen molar-refractivity contribution in [3.63, 3.8) is 0 Å². The predicted molar refractivity (Wildman–Crippen MR) is 131 cm³/mol. The predicted octanol–water partition coefficient (Wildman–Crippen LogP) is 5.35. The number of anilines is 3. The monoisotopic (exact) mass is 463 g/mol. The van der Waals surface area contributed by atoms with Crippen LogP contribution in [-0.4, -0.2) is 35.4 Å². The molecule has 0 saturated heterocycles. The quantitative estimate of drug-likeness (QED) is 0.283. The van der Waals surface area contributed by atoms with E-state index in [9.17, 15) is 4.79 Å². The molecule has 1 aromatic heterocycles. The Labute approximate surface area is 195 Å². The number of rotatable bonds is 6. The molecule has 9 nitrogen and oxygen atoms in total. The number of hydrogen-bond donors (Lipinski definition) is 4. The molecule has 0 aliphatic rings. The summed E-state index contributed by atoms with van der Waals surface area (Å²) in [5.74, 6) is 2.31. The van der Waals surface area contributed by atoms with Gasteiger partial charge in [0.25, 0.3) is 0 Å². The average Bonchev–Trinajstić information content (AvgIpc) is 3.21. The van der Waals surface area contributed by atoms with Crippen molar-refractivity contribution in [1.82, 2.24) is 9.97 Å². The summed E-state index contributed by atoms with van der Waals surface area (Å²) < 4.78 is 15.7. The van der Waals surface area contributed by atoms with Gasteiger partial charge in [0.2, 0.25) is 5.95 Å². The molecule has 0 spiro atoms. The Morgan fingerprint density at radius 1 is 0.879 bits per heavy atom. The van der Waals surface area contributed by atoms with E-state index in [1.165, 1.54) is 7.11 Å². The zero-order valence-electron chi connectivity index (χ0n) is 17.8. The fourth-order valence-electron chi connectivity index (χ4n) is 3.00. The highest BCUT2D eigenvalue weighted by atomic mass is 32.1. The fraction of sp³-hybridized carbons (Fsp3) is 0.0870. The summed E-state index contributed by atoms with van der Waals surface area (Å²) in [6, 6.07) is 20.3. The summed E-state index contributed by atoms with van der Waals surface area (Å²) in [5.41, 5.74) is 3.03. The second-order valence-electron chi connectivity index (χ2n) is 6.82. The zero-order valence-corrected chi connectivity index (χ0v) is 18.7. The molecule has 33 heavy (non-hydrogen) atoms. The van der Waals surface area contributed by atoms with Crippen LogP contribution in [0.5, 0.6) is 17.2 Å². The number of amides is 1. The second kappa shape index (κ2) is 9.88. The van der Waals surface area contributed by atoms with E-state index in [4.69, 9.17) is 21.7 Å². The highest BCUT2D eigenvalue weighted by Gasteiger charge is 2.08. The summed E-state index contributed by atoms with van der Waals surface area (Å²) in [6.45, 7) is 0. The number of aromatic nitrogens is 2. The van der Waals surface area contributed by atoms with Crippen LogP contribution in [0.1, 0.15) is 0 Å². The Hall–Kier alpha value is -4.31. The molecule has 0 fully saturated rings. The van der Waals surface area contributed by atoms with Gasteiger partial charge in [-0.3, -0.25) is 5.32 Å². The van der Waals surface area contributed by atoms with Crippen molar-refractivity contribution in [2.45, 2.75) is 0 Å². The van der Waals surface area contributed by atoms with Gasteiger partial charge in [-0.2, -0.15) is 0 Å². The standard InChI is InChI=1S/C23H21N5O4S/c1-30-17-5-3-4-15(12-17)25-22(33)24-14-6-8-16(9-7-14)32-18-10-11-19-20(13-18)27-21(26-19)28-23(29)31-2/h3-13H,1-2H3,(H2,24,25,33)(H2,26,27,28,29). The first kappa shape index (κ1) is 21.9. The maximum absolute atomic E-state index is 11.3. The summed E-state index contributed by atoms with van der Waals surface area (Å²) >= 11 is 5.38. The molecule has 0 saturated carbocycles. The molecule has 1 amide bonds. The molecule has 0 aliphatic heterocycles. The summed E-state index contributed by atoms with van der Waals surface area (Å²) in [7, 11) is 2.90. The van der Waals surface area contributed by atoms with E-state index in [0.717, 1.165) is 17.1 Å². The topological polar surface area (TPSA) is 110 Å². The SMILES string of the molecule is COC(=O)Nc1nc2ccc(Oc3ccc(NC(=S)Nc4cccc(OC)c4)cc3)cc2[nH]1. The molecular weight excluding hydrogens is 442 g/mol. The number of H-pyrrole nitrogens is 1. The largest absolute Gasteiger partial charge is 0.497 e. The Morgan fingerprint density at radius 3 is 2.39 bits per heavy atom. The van der Waals surface area contributed by atoms with Crippen LogP contribution in [0.2, 0.25) is 0 Å². The Kier molecular flexibility index (Phi) is 6.56. The summed E-state index contributed by atoms with van der Waals surface area (Å²) in [6.07, 6.45) is -0.600. The molecule has 0 bridgehead atoms. The van der Waals surface area contributed by atoms with Crippen molar-refractivity contribution in [3.05, 3.63) is 66.7 Å². The Balaban J connectivity index is 1.37. The van der Waals surface area contributed by atoms with Crippen LogP contribution < -0.4 is 25.4 Å². The first-order valence-corrected chi connectivity index (χ1v) is 10.3. The molecular formula is C23H21N5O4S. The van der Waals surface area contributed by atoms with Crippen LogP contribution in [0.4, 0.5) is 22.1 Å². The summed E-state index contributed by atoms with van der Waals surface area (Å²) in [4.78, 5) is 18.6. The van der Waals surface area contributed by atoms with Gasteiger partial charge in [-0.1, -0.05) is 6.07 Å². The number of aromatic amines is 1. The zero-order chi connectivity index (χ0) is 23.2. The highest BCUT2D eigenvalue weighted by molar-refractivity contribution is 7.80. The van der Waals surface area contributed by atoms with Crippen LogP contribution in [0.15, 0.2) is 66.7 Å². The van der Waals surface area contributed by atoms with Gasteiger partial charge in [0.1, 0.15) is 17.2 Å². The lowest BCUT2D eigenvalue weighted by atomic mass is 10.3. The molecule has 10 heteroatoms. The molecule has 1 heterocycles. The molecule has 4 N–H and O–H groups in total. The van der Waals surface area contributed by atoms with Gasteiger partial charge in [-0.25, -0.2) is 9.78 Å². The number of methoxy groups -OCH3 is 2. The third-order valence-electron chi connectivity index (χ3n) is 4.53. The lowest BCUT2D eigenvalue weighted by Crippen LogP contribution is -2.18. The van der Waals surface area contributed by atoms with Crippen molar-refractivity contribution in [3.8, 4) is 17.2 Å². The number of ether oxygens (including phenoxy) is 3. The number of hydrogen-bond acceptors (Lipinski definition) is 6. The van der Waals surface area contributed by atoms with Crippen LogP contribution in [0.3, 0.4) is 0 Å². The smallest absolute Gasteiger partial charge is 0.413 e. The van der Waals surface area contributed by atoms with Gasteiger partial charge in [0, 0.05) is 23.5 Å². The average molecular weight is 464 g/mol. The van der Waals surface area contributed by atoms with Gasteiger partial charge < -0.3 is 29.8 Å². The highest BCUT2D eigenvalue weighted by Crippen LogP contribution is 2.27. The summed E-state index contributed by atoms with van der Waals surface area (Å²) in [5, 5.41) is 9.20. The number of fused-ring (bicyclic) bond motifs is 1. The van der Waals surface area contributed by atoms with E-state index < -0.39 is 6.09 Å². The van der Waals surface area contributed by atoms with Gasteiger partial charge in [0.15, 0.2) is 5.11 Å². The number of carbonyl (C=O) groups is 1. The van der Waals surface area contributed by atoms with Crippen LogP contribution in [-0.2, 0) is 4.74 Å². The van der Waals surface area contributed by atoms with Gasteiger partial charge in [0.05, 0.1) is 25.3 Å². The second-order valence-corrected chi connectivity index (χ2v) is 7.23. The maximum Gasteiger partial charge on any atom is 0.413 e. The lowest BCUT2D eigenvalue weighted by Gasteiger charge is -2.12. The molecule has 0 atom stereocenters. The number of nitrogens with zero attached hydrogens (tertiary/aromatic N) is 1. The third-order valence-corrected chi connectivity index (χ3v) is 4.74. The number of imidazole rings is 1. The van der Waals surface area contributed by atoms with E-state index in [-0.39, 0.29) is 0 Å². The first-order valence-electron chi connectivity index (χ1n) is 9.87. The first-order chi connectivity index (χ1) is 16.0. The van der Waals surface area contributed by atoms with Crippen molar-refractivity contribution >= 4 is 51.8 Å². The Morgan fingerprint density at radius 2 is 1.64 bits per heavy atom. The van der Waals surface area contributed by atoms with Crippen molar-refractivity contribution < 1.29 is 19.0 Å². The number of carbonyl (C=O) groups excluding carboxylic acids is 1. The van der Waals surface area contributed by atoms with Crippen molar-refractivity contribution in [2.24, 2.45) is 0 Å². The van der Waals surface area contributed by atoms with E-state index in [0.29, 0.717) is 33.6 Å². The molecule has 0 aliphatic carbocycles. The van der Waals surface area contributed by atoms with Gasteiger partial charge >= 0.3 is 6.09 Å². The van der Waals surface area contributed by atoms with Gasteiger partial charge in [-0.15, -0.1) is 0 Å². The van der Waals surface area contributed by atoms with Crippen molar-refractivity contribution in [2.75, 3.05) is 30.2 Å². The molecule has 4 aromatic rings. The molecule has 4 rings (SSSR count). The number of benzene rings is 3. The van der Waals surface area contributed by atoms with E-state index in [1.807, 2.05) is 48.5 Å². The number of nitrogens with one attached hydrogen (secondary N) is 4. The van der Waals surface area contributed by atoms with Crippen LogP contribution in [0.25, 0.3) is 11.0 Å². The lowest BCUT2D eigenvalue weighted by molar-refractivity contribution is 0.186. The molecule has 3 aromatic carbocycles. The molecule has 168 valence electrons. The maximum atomic E-state index is 11.3. The number of thiocarbonyl (C=S) groups is 1. The van der Waals surface area contributed by atoms with Gasteiger partial charge in [-0.05, 0) is 60.7 Å². The fourth-order valence-corrected chi connectivity index (χ4v) is 3.23. The van der Waals surface area contributed by atoms with E-state index >= 15 is 0 Å². The minimum atomic E-state index is -0.600. The van der Waals surface area contributed by atoms with E-state index in [2.05, 4.69) is 30.7 Å². The van der Waals surface area contributed by atoms with Crippen LogP contribution in [0, 0.1) is 0 Å². The third kappa shape index (κ3) is 5.69. The van der Waals surface area contributed by atoms with Crippen molar-refractivity contribution in [1.29, 1.82) is 0 Å². The Bertz CT molecular complexity index is 1290. The van der Waals surface area contributed by atoms with Crippen LogP contribution >= 0.6 is 12.2 Å². The normalized spacial score (nSPS) is 10.4. The minimum absolute atomic E-state index is 0.294. The molecule has 0 unspecified atom stereocenters. The minimum Gasteiger partial charge on any atom is -0.497 e. The molecule has 0 radical (unpaired) electrons.